The quantitative estimate of drug-likeness (QED) is 0.429. The van der Waals surface area contributed by atoms with Crippen LogP contribution in [0.15, 0.2) is 18.5 Å². The molecule has 1 aromatic heterocycles. The van der Waals surface area contributed by atoms with Gasteiger partial charge in [0.05, 0.1) is 18.1 Å². The normalized spacial score (nSPS) is 25.2. The monoisotopic (exact) mass is 457 g/mol. The first-order valence-electron chi connectivity index (χ1n) is 12.8. The van der Waals surface area contributed by atoms with Crippen LogP contribution in [0.25, 0.3) is 6.08 Å². The number of carbonyl (C=O) groups is 1. The number of aromatic nitrogens is 2. The van der Waals surface area contributed by atoms with Crippen LogP contribution >= 0.6 is 0 Å². The molecule has 33 heavy (non-hydrogen) atoms. The Balaban J connectivity index is 1.17. The molecule has 3 heterocycles. The van der Waals surface area contributed by atoms with Gasteiger partial charge in [-0.1, -0.05) is 32.1 Å². The molecular weight excluding hydrogens is 418 g/mol. The van der Waals surface area contributed by atoms with E-state index in [-0.39, 0.29) is 12.2 Å². The van der Waals surface area contributed by atoms with E-state index >= 15 is 0 Å². The lowest BCUT2D eigenvalue weighted by Crippen LogP contribution is -2.43. The lowest BCUT2D eigenvalue weighted by Gasteiger charge is -2.34. The van der Waals surface area contributed by atoms with Gasteiger partial charge in [0.25, 0.3) is 5.91 Å². The van der Waals surface area contributed by atoms with Crippen molar-refractivity contribution in [3.8, 4) is 0 Å². The number of likely N-dealkylation sites (tertiary alicyclic amines) is 1. The topological polar surface area (TPSA) is 88.6 Å². The maximum absolute atomic E-state index is 11.9. The maximum Gasteiger partial charge on any atom is 0.267 e. The highest BCUT2D eigenvalue weighted by Crippen LogP contribution is 2.27. The highest BCUT2D eigenvalue weighted by Gasteiger charge is 2.22. The van der Waals surface area contributed by atoms with E-state index in [4.69, 9.17) is 9.57 Å². The summed E-state index contributed by atoms with van der Waals surface area (Å²) in [7, 11) is 0. The van der Waals surface area contributed by atoms with Crippen LogP contribution in [-0.4, -0.2) is 59.3 Å². The molecule has 1 aromatic rings. The summed E-state index contributed by atoms with van der Waals surface area (Å²) in [6.45, 7) is 4.17. The number of piperidine rings is 1. The number of nitrogens with one attached hydrogen (secondary N) is 2. The van der Waals surface area contributed by atoms with Crippen LogP contribution in [-0.2, 0) is 14.4 Å². The Labute approximate surface area is 197 Å². The van der Waals surface area contributed by atoms with Gasteiger partial charge in [0.1, 0.15) is 5.82 Å². The molecular formula is C25H39N5O3. The average molecular weight is 458 g/mol. The van der Waals surface area contributed by atoms with E-state index in [1.807, 2.05) is 0 Å². The third-order valence-corrected chi connectivity index (χ3v) is 6.94. The highest BCUT2D eigenvalue weighted by atomic mass is 16.8. The van der Waals surface area contributed by atoms with E-state index in [2.05, 4.69) is 25.7 Å². The molecule has 2 N–H and O–H groups in total. The fraction of sp³-hybridized carbons (Fsp3) is 0.720. The number of ether oxygens (including phenoxy) is 1. The summed E-state index contributed by atoms with van der Waals surface area (Å²) >= 11 is 0. The lowest BCUT2D eigenvalue weighted by atomic mass is 9.87. The predicted octanol–water partition coefficient (Wildman–Crippen LogP) is 3.91. The molecule has 1 saturated carbocycles. The number of anilines is 1. The van der Waals surface area contributed by atoms with Crippen molar-refractivity contribution in [3.05, 3.63) is 24.2 Å². The van der Waals surface area contributed by atoms with Crippen molar-refractivity contribution in [3.63, 3.8) is 0 Å². The third kappa shape index (κ3) is 8.36. The Bertz CT molecular complexity index is 745. The molecule has 2 saturated heterocycles. The van der Waals surface area contributed by atoms with Crippen molar-refractivity contribution in [1.82, 2.24) is 20.3 Å². The van der Waals surface area contributed by atoms with Gasteiger partial charge in [0.15, 0.2) is 6.29 Å². The molecule has 8 nitrogen and oxygen atoms in total. The summed E-state index contributed by atoms with van der Waals surface area (Å²) in [5.74, 6) is 1.38. The van der Waals surface area contributed by atoms with E-state index in [0.717, 1.165) is 44.0 Å². The first-order valence-corrected chi connectivity index (χ1v) is 12.8. The zero-order valence-electron chi connectivity index (χ0n) is 19.7. The minimum Gasteiger partial charge on any atom is -0.365 e. The summed E-state index contributed by atoms with van der Waals surface area (Å²) in [6.07, 6.45) is 19.8. The first kappa shape index (κ1) is 24.1. The average Bonchev–Trinajstić information content (AvgIpc) is 2.87. The van der Waals surface area contributed by atoms with E-state index in [9.17, 15) is 4.79 Å². The van der Waals surface area contributed by atoms with Gasteiger partial charge in [0, 0.05) is 31.7 Å². The van der Waals surface area contributed by atoms with E-state index in [0.29, 0.717) is 18.3 Å². The SMILES string of the molecule is O=C(/C=C/c1cnc(N[C@@H]2CCCN(CCC3CCCCC3)C2)cn1)NOC1CCCCO1. The lowest BCUT2D eigenvalue weighted by molar-refractivity contribution is -0.198. The second kappa shape index (κ2) is 13.0. The maximum atomic E-state index is 11.9. The summed E-state index contributed by atoms with van der Waals surface area (Å²) in [5.41, 5.74) is 3.03. The number of carbonyl (C=O) groups excluding carboxylic acids is 1. The van der Waals surface area contributed by atoms with Crippen molar-refractivity contribution in [2.45, 2.75) is 83.0 Å². The standard InChI is InChI=1S/C25H39N5O3/c31-24(29-33-25-10-4-5-16-32-25)12-11-21-17-27-23(18-26-21)28-22-9-6-14-30(19-22)15-13-20-7-2-1-3-8-20/h11-12,17-18,20,22,25H,1-10,13-16,19H2,(H,27,28)(H,29,31)/b12-11+/t22-,25?/m1/s1. The van der Waals surface area contributed by atoms with Gasteiger partial charge in [-0.3, -0.25) is 9.78 Å². The molecule has 0 aromatic carbocycles. The van der Waals surface area contributed by atoms with E-state index in [1.165, 1.54) is 64.1 Å². The number of nitrogens with zero attached hydrogens (tertiary/aromatic N) is 3. The Morgan fingerprint density at radius 3 is 2.76 bits per heavy atom. The van der Waals surface area contributed by atoms with E-state index in [1.54, 1.807) is 18.5 Å². The zero-order chi connectivity index (χ0) is 22.7. The Kier molecular flexibility index (Phi) is 9.50. The summed E-state index contributed by atoms with van der Waals surface area (Å²) < 4.78 is 5.42. The van der Waals surface area contributed by atoms with Crippen LogP contribution < -0.4 is 10.8 Å². The fourth-order valence-corrected chi connectivity index (χ4v) is 5.05. The zero-order valence-corrected chi connectivity index (χ0v) is 19.7. The van der Waals surface area contributed by atoms with Crippen molar-refractivity contribution in [1.29, 1.82) is 0 Å². The number of hydroxylamine groups is 1. The summed E-state index contributed by atoms with van der Waals surface area (Å²) in [5, 5.41) is 3.54. The van der Waals surface area contributed by atoms with E-state index < -0.39 is 0 Å². The molecule has 0 spiro atoms. The van der Waals surface area contributed by atoms with Gasteiger partial charge < -0.3 is 15.0 Å². The Hall–Kier alpha value is -2.03. The fourth-order valence-electron chi connectivity index (χ4n) is 5.05. The van der Waals surface area contributed by atoms with Crippen molar-refractivity contribution in [2.75, 3.05) is 31.6 Å². The van der Waals surface area contributed by atoms with Crippen molar-refractivity contribution in [2.24, 2.45) is 5.92 Å². The van der Waals surface area contributed by atoms with Crippen LogP contribution in [0.4, 0.5) is 5.82 Å². The number of rotatable bonds is 9. The summed E-state index contributed by atoms with van der Waals surface area (Å²) in [4.78, 5) is 28.7. The second-order valence-electron chi connectivity index (χ2n) is 9.62. The van der Waals surface area contributed by atoms with Gasteiger partial charge in [-0.15, -0.1) is 0 Å². The second-order valence-corrected chi connectivity index (χ2v) is 9.62. The molecule has 0 radical (unpaired) electrons. The molecule has 0 bridgehead atoms. The molecule has 3 aliphatic rings. The predicted molar refractivity (Wildman–Crippen MR) is 128 cm³/mol. The third-order valence-electron chi connectivity index (χ3n) is 6.94. The first-order chi connectivity index (χ1) is 16.2. The minimum absolute atomic E-state index is 0.344. The number of amides is 1. The molecule has 2 aliphatic heterocycles. The van der Waals surface area contributed by atoms with Gasteiger partial charge in [-0.2, -0.15) is 0 Å². The molecule has 1 amide bonds. The molecule has 8 heteroatoms. The van der Waals surface area contributed by atoms with Crippen molar-refractivity contribution < 1.29 is 14.4 Å². The molecule has 182 valence electrons. The molecule has 1 aliphatic carbocycles. The van der Waals surface area contributed by atoms with Crippen molar-refractivity contribution >= 4 is 17.8 Å². The van der Waals surface area contributed by atoms with Gasteiger partial charge in [-0.05, 0) is 57.2 Å². The molecule has 1 unspecified atom stereocenters. The van der Waals surface area contributed by atoms with Crippen LogP contribution in [0.3, 0.4) is 0 Å². The molecule has 4 rings (SSSR count). The van der Waals surface area contributed by atoms with Crippen LogP contribution in [0.5, 0.6) is 0 Å². The van der Waals surface area contributed by atoms with Crippen LogP contribution in [0.2, 0.25) is 0 Å². The smallest absolute Gasteiger partial charge is 0.267 e. The van der Waals surface area contributed by atoms with Crippen LogP contribution in [0, 0.1) is 5.92 Å². The summed E-state index contributed by atoms with van der Waals surface area (Å²) in [6, 6.07) is 0.408. The number of hydrogen-bond acceptors (Lipinski definition) is 7. The number of hydrogen-bond donors (Lipinski definition) is 2. The minimum atomic E-state index is -0.357. The molecule has 3 fully saturated rings. The van der Waals surface area contributed by atoms with Crippen LogP contribution in [0.1, 0.15) is 76.3 Å². The van der Waals surface area contributed by atoms with Gasteiger partial charge >= 0.3 is 0 Å². The Morgan fingerprint density at radius 2 is 1.97 bits per heavy atom. The highest BCUT2D eigenvalue weighted by molar-refractivity contribution is 5.90. The van der Waals surface area contributed by atoms with Gasteiger partial charge in [-0.25, -0.2) is 15.3 Å². The largest absolute Gasteiger partial charge is 0.365 e. The Morgan fingerprint density at radius 1 is 1.09 bits per heavy atom. The van der Waals surface area contributed by atoms with Gasteiger partial charge in [0.2, 0.25) is 0 Å². The molecule has 2 atom stereocenters.